The fourth-order valence-electron chi connectivity index (χ4n) is 1.93. The summed E-state index contributed by atoms with van der Waals surface area (Å²) in [6.07, 6.45) is 1.80. The lowest BCUT2D eigenvalue weighted by Crippen LogP contribution is -2.38. The Balaban J connectivity index is 2.01. The lowest BCUT2D eigenvalue weighted by atomic mass is 9.98. The van der Waals surface area contributed by atoms with Gasteiger partial charge in [0.25, 0.3) is 5.91 Å². The molecule has 1 aromatic heterocycles. The normalized spacial score (nSPS) is 17.5. The summed E-state index contributed by atoms with van der Waals surface area (Å²) in [5.74, 6) is 0.457. The van der Waals surface area contributed by atoms with E-state index in [0.29, 0.717) is 5.92 Å². The van der Waals surface area contributed by atoms with Gasteiger partial charge in [-0.25, -0.2) is 0 Å². The third-order valence-electron chi connectivity index (χ3n) is 3.02. The van der Waals surface area contributed by atoms with Gasteiger partial charge in [-0.1, -0.05) is 0 Å². The van der Waals surface area contributed by atoms with E-state index in [1.54, 1.807) is 0 Å². The number of amides is 1. The molecule has 1 aromatic rings. The van der Waals surface area contributed by atoms with Crippen molar-refractivity contribution in [1.82, 2.24) is 4.90 Å². The number of aliphatic hydroxyl groups is 1. The molecule has 0 spiro atoms. The number of thiophene rings is 1. The lowest BCUT2D eigenvalue weighted by Gasteiger charge is -2.30. The van der Waals surface area contributed by atoms with E-state index in [9.17, 15) is 4.79 Å². The number of hydrogen-bond donors (Lipinski definition) is 1. The summed E-state index contributed by atoms with van der Waals surface area (Å²) >= 11 is 8.24. The molecule has 0 aliphatic carbocycles. The summed E-state index contributed by atoms with van der Waals surface area (Å²) in [5, 5.41) is 9.06. The lowest BCUT2D eigenvalue weighted by molar-refractivity contribution is 0.0655. The van der Waals surface area contributed by atoms with E-state index < -0.39 is 0 Å². The smallest absolute Gasteiger partial charge is 0.264 e. The molecule has 6 heteroatoms. The van der Waals surface area contributed by atoms with Crippen molar-refractivity contribution in [2.24, 2.45) is 5.92 Å². The third kappa shape index (κ3) is 3.10. The first-order valence-electron chi connectivity index (χ1n) is 5.46. The SMILES string of the molecule is O=C(c1cc(Br)c(Br)s1)N1CCC(CO)CC1. The van der Waals surface area contributed by atoms with Crippen LogP contribution in [0.5, 0.6) is 0 Å². The van der Waals surface area contributed by atoms with Gasteiger partial charge in [0.15, 0.2) is 0 Å². The summed E-state index contributed by atoms with van der Waals surface area (Å²) in [6.45, 7) is 1.73. The van der Waals surface area contributed by atoms with Crippen LogP contribution in [0.25, 0.3) is 0 Å². The predicted molar refractivity (Wildman–Crippen MR) is 75.4 cm³/mol. The molecular weight excluding hydrogens is 370 g/mol. The Labute approximate surface area is 121 Å². The summed E-state index contributed by atoms with van der Waals surface area (Å²) in [4.78, 5) is 14.8. The number of rotatable bonds is 2. The predicted octanol–water partition coefficient (Wildman–Crippen LogP) is 3.12. The van der Waals surface area contributed by atoms with Crippen molar-refractivity contribution < 1.29 is 9.90 Å². The van der Waals surface area contributed by atoms with Crippen molar-refractivity contribution in [1.29, 1.82) is 0 Å². The summed E-state index contributed by atoms with van der Waals surface area (Å²) in [6, 6.07) is 1.86. The van der Waals surface area contributed by atoms with Crippen molar-refractivity contribution in [2.45, 2.75) is 12.8 Å². The van der Waals surface area contributed by atoms with Crippen LogP contribution in [0.15, 0.2) is 14.3 Å². The highest BCUT2D eigenvalue weighted by Crippen LogP contribution is 2.33. The first-order valence-corrected chi connectivity index (χ1v) is 7.87. The average Bonchev–Trinajstić information content (AvgIpc) is 2.69. The van der Waals surface area contributed by atoms with E-state index in [1.165, 1.54) is 11.3 Å². The highest BCUT2D eigenvalue weighted by molar-refractivity contribution is 9.13. The maximum atomic E-state index is 12.2. The second kappa shape index (κ2) is 5.82. The molecule has 2 heterocycles. The molecule has 1 amide bonds. The summed E-state index contributed by atoms with van der Waals surface area (Å²) in [5.41, 5.74) is 0. The number of likely N-dealkylation sites (tertiary alicyclic amines) is 1. The molecule has 1 aliphatic heterocycles. The number of carbonyl (C=O) groups is 1. The van der Waals surface area contributed by atoms with Crippen LogP contribution in [0.4, 0.5) is 0 Å². The van der Waals surface area contributed by atoms with Crippen molar-refractivity contribution >= 4 is 49.1 Å². The first kappa shape index (κ1) is 13.5. The van der Waals surface area contributed by atoms with Crippen molar-refractivity contribution in [3.8, 4) is 0 Å². The molecule has 1 N–H and O–H groups in total. The van der Waals surface area contributed by atoms with Crippen LogP contribution in [0.2, 0.25) is 0 Å². The van der Waals surface area contributed by atoms with E-state index in [-0.39, 0.29) is 12.5 Å². The highest BCUT2D eigenvalue weighted by Gasteiger charge is 2.24. The Morgan fingerprint density at radius 2 is 2.12 bits per heavy atom. The first-order chi connectivity index (χ1) is 8.11. The second-order valence-electron chi connectivity index (χ2n) is 4.15. The van der Waals surface area contributed by atoms with Gasteiger partial charge in [0.2, 0.25) is 0 Å². The monoisotopic (exact) mass is 381 g/mol. The van der Waals surface area contributed by atoms with Crippen molar-refractivity contribution in [2.75, 3.05) is 19.7 Å². The zero-order chi connectivity index (χ0) is 12.4. The quantitative estimate of drug-likeness (QED) is 0.853. The summed E-state index contributed by atoms with van der Waals surface area (Å²) < 4.78 is 1.88. The minimum atomic E-state index is 0.0952. The Hall–Kier alpha value is 0.0900. The zero-order valence-electron chi connectivity index (χ0n) is 9.16. The average molecular weight is 383 g/mol. The Kier molecular flexibility index (Phi) is 4.63. The fraction of sp³-hybridized carbons (Fsp3) is 0.545. The van der Waals surface area contributed by atoms with E-state index in [4.69, 9.17) is 5.11 Å². The van der Waals surface area contributed by atoms with Gasteiger partial charge in [-0.05, 0) is 56.7 Å². The van der Waals surface area contributed by atoms with Crippen molar-refractivity contribution in [3.05, 3.63) is 19.2 Å². The van der Waals surface area contributed by atoms with E-state index in [2.05, 4.69) is 31.9 Å². The summed E-state index contributed by atoms with van der Waals surface area (Å²) in [7, 11) is 0. The molecule has 0 unspecified atom stereocenters. The van der Waals surface area contributed by atoms with Gasteiger partial charge in [0.05, 0.1) is 8.66 Å². The van der Waals surface area contributed by atoms with Crippen LogP contribution in [0.1, 0.15) is 22.5 Å². The standard InChI is InChI=1S/C11H13Br2NO2S/c12-8-5-9(17-10(8)13)11(16)14-3-1-7(6-15)2-4-14/h5,7,15H,1-4,6H2. The van der Waals surface area contributed by atoms with Crippen LogP contribution in [0, 0.1) is 5.92 Å². The van der Waals surface area contributed by atoms with Gasteiger partial charge in [-0.3, -0.25) is 4.79 Å². The number of carbonyl (C=O) groups excluding carboxylic acids is 1. The highest BCUT2D eigenvalue weighted by atomic mass is 79.9. The van der Waals surface area contributed by atoms with Gasteiger partial charge in [-0.2, -0.15) is 0 Å². The van der Waals surface area contributed by atoms with Crippen molar-refractivity contribution in [3.63, 3.8) is 0 Å². The Morgan fingerprint density at radius 1 is 1.47 bits per heavy atom. The topological polar surface area (TPSA) is 40.5 Å². The third-order valence-corrected chi connectivity index (χ3v) is 6.26. The number of hydrogen-bond acceptors (Lipinski definition) is 3. The molecule has 0 atom stereocenters. The number of halogens is 2. The largest absolute Gasteiger partial charge is 0.396 e. The minimum absolute atomic E-state index is 0.0952. The van der Waals surface area contributed by atoms with Gasteiger partial charge >= 0.3 is 0 Å². The maximum absolute atomic E-state index is 12.2. The molecule has 1 aliphatic rings. The maximum Gasteiger partial charge on any atom is 0.264 e. The van der Waals surface area contributed by atoms with E-state index in [1.807, 2.05) is 11.0 Å². The number of nitrogens with zero attached hydrogens (tertiary/aromatic N) is 1. The number of piperidine rings is 1. The molecule has 0 aromatic carbocycles. The van der Waals surface area contributed by atoms with Gasteiger partial charge in [0.1, 0.15) is 0 Å². The molecule has 3 nitrogen and oxygen atoms in total. The van der Waals surface area contributed by atoms with Crippen LogP contribution in [-0.2, 0) is 0 Å². The molecule has 0 bridgehead atoms. The molecule has 0 radical (unpaired) electrons. The number of aliphatic hydroxyl groups excluding tert-OH is 1. The van der Waals surface area contributed by atoms with Crippen LogP contribution < -0.4 is 0 Å². The van der Waals surface area contributed by atoms with E-state index >= 15 is 0 Å². The van der Waals surface area contributed by atoms with E-state index in [0.717, 1.165) is 39.1 Å². The molecule has 0 saturated carbocycles. The fourth-order valence-corrected chi connectivity index (χ4v) is 3.93. The molecular formula is C11H13Br2NO2S. The molecule has 94 valence electrons. The molecule has 17 heavy (non-hydrogen) atoms. The molecule has 1 saturated heterocycles. The zero-order valence-corrected chi connectivity index (χ0v) is 13.1. The van der Waals surface area contributed by atoms with Crippen LogP contribution in [-0.4, -0.2) is 35.6 Å². The van der Waals surface area contributed by atoms with Gasteiger partial charge in [0, 0.05) is 24.2 Å². The van der Waals surface area contributed by atoms with Crippen LogP contribution >= 0.6 is 43.2 Å². The van der Waals surface area contributed by atoms with Crippen LogP contribution in [0.3, 0.4) is 0 Å². The molecule has 1 fully saturated rings. The molecule has 2 rings (SSSR count). The Bertz CT molecular complexity index is 394. The van der Waals surface area contributed by atoms with Gasteiger partial charge < -0.3 is 10.0 Å². The minimum Gasteiger partial charge on any atom is -0.396 e. The van der Waals surface area contributed by atoms with Gasteiger partial charge in [-0.15, -0.1) is 11.3 Å². The second-order valence-corrected chi connectivity index (χ2v) is 7.37. The Morgan fingerprint density at radius 3 is 2.59 bits per heavy atom.